The fourth-order valence-electron chi connectivity index (χ4n) is 8.14. The second-order valence-corrected chi connectivity index (χ2v) is 14.2. The molecular weight excluding hydrogens is 683 g/mol. The van der Waals surface area contributed by atoms with Gasteiger partial charge in [-0.25, -0.2) is 9.97 Å². The lowest BCUT2D eigenvalue weighted by Gasteiger charge is -2.12. The van der Waals surface area contributed by atoms with E-state index >= 15 is 0 Å². The number of hydrogen-bond acceptors (Lipinski definition) is 3. The van der Waals surface area contributed by atoms with E-state index in [-0.39, 0.29) is 0 Å². The van der Waals surface area contributed by atoms with Gasteiger partial charge in [-0.3, -0.25) is 0 Å². The summed E-state index contributed by atoms with van der Waals surface area (Å²) in [5.74, 6) is 0.689. The van der Waals surface area contributed by atoms with Crippen LogP contribution in [0.1, 0.15) is 0 Å². The molecule has 4 heteroatoms. The summed E-state index contributed by atoms with van der Waals surface area (Å²) < 4.78 is 8.74. The zero-order valence-electron chi connectivity index (χ0n) is 30.3. The molecule has 0 aliphatic carbocycles. The third kappa shape index (κ3) is 5.39. The second kappa shape index (κ2) is 13.1. The Bertz CT molecular complexity index is 3220. The summed E-state index contributed by atoms with van der Waals surface area (Å²) in [4.78, 5) is 10.5. The van der Waals surface area contributed by atoms with Gasteiger partial charge in [-0.15, -0.1) is 0 Å². The molecule has 0 fully saturated rings. The van der Waals surface area contributed by atoms with Gasteiger partial charge in [0.25, 0.3) is 0 Å². The Kier molecular flexibility index (Phi) is 7.46. The molecule has 0 saturated heterocycles. The first kappa shape index (κ1) is 31.9. The summed E-state index contributed by atoms with van der Waals surface area (Å²) >= 11 is 0. The van der Waals surface area contributed by atoms with Crippen LogP contribution in [-0.4, -0.2) is 14.5 Å². The fraction of sp³-hybridized carbons (Fsp3) is 0. The van der Waals surface area contributed by atoms with Gasteiger partial charge in [0.1, 0.15) is 11.2 Å². The third-order valence-electron chi connectivity index (χ3n) is 10.8. The average Bonchev–Trinajstić information content (AvgIpc) is 3.82. The summed E-state index contributed by atoms with van der Waals surface area (Å²) in [6, 6.07) is 70.2. The van der Waals surface area contributed by atoms with Gasteiger partial charge in [0.15, 0.2) is 5.82 Å². The lowest BCUT2D eigenvalue weighted by Crippen LogP contribution is -1.97. The highest BCUT2D eigenvalue weighted by Crippen LogP contribution is 2.41. The summed E-state index contributed by atoms with van der Waals surface area (Å²) in [7, 11) is 0. The van der Waals surface area contributed by atoms with Gasteiger partial charge in [-0.1, -0.05) is 152 Å². The molecule has 0 aliphatic rings. The first-order valence-electron chi connectivity index (χ1n) is 18.9. The van der Waals surface area contributed by atoms with Crippen LogP contribution in [0.25, 0.3) is 106 Å². The number of furan rings is 1. The minimum absolute atomic E-state index is 0.689. The van der Waals surface area contributed by atoms with E-state index in [9.17, 15) is 0 Å². The summed E-state index contributed by atoms with van der Waals surface area (Å²) in [6.07, 6.45) is 0. The highest BCUT2D eigenvalue weighted by atomic mass is 16.3. The standard InChI is InChI=1S/C52H33N3O/c1-4-13-34(14-5-1)36-23-25-38(26-24-36)52-53-45(37-17-8-3-9-18-37)33-46(54-52)41-20-12-22-48-51(41)42-19-10-11-21-47(42)55(48)40-28-30-50-44(32-40)43-31-39(27-29-49(43)56-50)35-15-6-2-7-16-35/h1-33H. The van der Waals surface area contributed by atoms with E-state index in [0.717, 1.165) is 83.1 Å². The van der Waals surface area contributed by atoms with Crippen molar-refractivity contribution in [3.8, 4) is 61.8 Å². The van der Waals surface area contributed by atoms with Crippen LogP contribution in [0.2, 0.25) is 0 Å². The molecule has 11 rings (SSSR count). The van der Waals surface area contributed by atoms with Gasteiger partial charge < -0.3 is 8.98 Å². The van der Waals surface area contributed by atoms with E-state index in [1.165, 1.54) is 16.7 Å². The fourth-order valence-corrected chi connectivity index (χ4v) is 8.14. The van der Waals surface area contributed by atoms with Crippen LogP contribution >= 0.6 is 0 Å². The van der Waals surface area contributed by atoms with Crippen molar-refractivity contribution in [2.45, 2.75) is 0 Å². The molecule has 8 aromatic carbocycles. The molecule has 0 saturated carbocycles. The maximum Gasteiger partial charge on any atom is 0.160 e. The highest BCUT2D eigenvalue weighted by Gasteiger charge is 2.20. The van der Waals surface area contributed by atoms with Crippen LogP contribution in [0.4, 0.5) is 0 Å². The number of benzene rings is 8. The van der Waals surface area contributed by atoms with Gasteiger partial charge in [0.2, 0.25) is 0 Å². The van der Waals surface area contributed by atoms with E-state index in [2.05, 4.69) is 193 Å². The minimum Gasteiger partial charge on any atom is -0.456 e. The van der Waals surface area contributed by atoms with Crippen LogP contribution < -0.4 is 0 Å². The predicted octanol–water partition coefficient (Wildman–Crippen LogP) is 13.8. The molecule has 0 bridgehead atoms. The quantitative estimate of drug-likeness (QED) is 0.172. The van der Waals surface area contributed by atoms with Crippen molar-refractivity contribution < 1.29 is 4.42 Å². The number of nitrogens with zero attached hydrogens (tertiary/aromatic N) is 3. The van der Waals surface area contributed by atoms with E-state index in [0.29, 0.717) is 5.82 Å². The van der Waals surface area contributed by atoms with E-state index in [1.54, 1.807) is 0 Å². The Hall–Kier alpha value is -7.56. The second-order valence-electron chi connectivity index (χ2n) is 14.2. The lowest BCUT2D eigenvalue weighted by atomic mass is 10.0. The Morgan fingerprint density at radius 1 is 0.357 bits per heavy atom. The van der Waals surface area contributed by atoms with Gasteiger partial charge in [0.05, 0.1) is 22.4 Å². The van der Waals surface area contributed by atoms with Crippen molar-refractivity contribution in [2.75, 3.05) is 0 Å². The Morgan fingerprint density at radius 3 is 1.66 bits per heavy atom. The molecule has 56 heavy (non-hydrogen) atoms. The Balaban J connectivity index is 1.10. The molecule has 3 aromatic heterocycles. The third-order valence-corrected chi connectivity index (χ3v) is 10.8. The van der Waals surface area contributed by atoms with Crippen LogP contribution in [0, 0.1) is 0 Å². The summed E-state index contributed by atoms with van der Waals surface area (Å²) in [5, 5.41) is 4.50. The monoisotopic (exact) mass is 715 g/mol. The maximum atomic E-state index is 6.37. The van der Waals surface area contributed by atoms with E-state index in [1.807, 2.05) is 12.1 Å². The van der Waals surface area contributed by atoms with Crippen molar-refractivity contribution in [1.29, 1.82) is 0 Å². The molecule has 3 heterocycles. The number of aromatic nitrogens is 3. The zero-order chi connectivity index (χ0) is 37.0. The smallest absolute Gasteiger partial charge is 0.160 e. The summed E-state index contributed by atoms with van der Waals surface area (Å²) in [5.41, 5.74) is 14.6. The van der Waals surface area contributed by atoms with Gasteiger partial charge in [0, 0.05) is 43.9 Å². The maximum absolute atomic E-state index is 6.37. The molecule has 4 nitrogen and oxygen atoms in total. The van der Waals surface area contributed by atoms with Crippen LogP contribution in [0.15, 0.2) is 205 Å². The van der Waals surface area contributed by atoms with Crippen molar-refractivity contribution in [3.05, 3.63) is 200 Å². The molecular formula is C52H33N3O. The minimum atomic E-state index is 0.689. The largest absolute Gasteiger partial charge is 0.456 e. The van der Waals surface area contributed by atoms with Crippen molar-refractivity contribution in [3.63, 3.8) is 0 Å². The Morgan fingerprint density at radius 2 is 0.911 bits per heavy atom. The molecule has 0 atom stereocenters. The van der Waals surface area contributed by atoms with Crippen LogP contribution in [-0.2, 0) is 0 Å². The van der Waals surface area contributed by atoms with E-state index < -0.39 is 0 Å². The van der Waals surface area contributed by atoms with E-state index in [4.69, 9.17) is 14.4 Å². The topological polar surface area (TPSA) is 43.9 Å². The first-order chi connectivity index (χ1) is 27.7. The molecule has 11 aromatic rings. The van der Waals surface area contributed by atoms with Crippen LogP contribution in [0.3, 0.4) is 0 Å². The number of hydrogen-bond donors (Lipinski definition) is 0. The zero-order valence-corrected chi connectivity index (χ0v) is 30.3. The molecule has 0 N–H and O–H groups in total. The van der Waals surface area contributed by atoms with Crippen LogP contribution in [0.5, 0.6) is 0 Å². The highest BCUT2D eigenvalue weighted by molar-refractivity contribution is 6.16. The molecule has 0 amide bonds. The number of para-hydroxylation sites is 1. The molecule has 0 unspecified atom stereocenters. The van der Waals surface area contributed by atoms with Crippen molar-refractivity contribution >= 4 is 43.7 Å². The predicted molar refractivity (Wildman–Crippen MR) is 231 cm³/mol. The first-order valence-corrected chi connectivity index (χ1v) is 18.9. The summed E-state index contributed by atoms with van der Waals surface area (Å²) in [6.45, 7) is 0. The normalized spacial score (nSPS) is 11.6. The number of fused-ring (bicyclic) bond motifs is 6. The van der Waals surface area contributed by atoms with Gasteiger partial charge in [-0.2, -0.15) is 0 Å². The van der Waals surface area contributed by atoms with Gasteiger partial charge >= 0.3 is 0 Å². The molecule has 0 radical (unpaired) electrons. The van der Waals surface area contributed by atoms with Gasteiger partial charge in [-0.05, 0) is 70.8 Å². The lowest BCUT2D eigenvalue weighted by molar-refractivity contribution is 0.669. The SMILES string of the molecule is c1ccc(-c2ccc(-c3nc(-c4ccccc4)cc(-c4cccc5c4c4ccccc4n5-c4ccc5oc6ccc(-c7ccccc7)cc6c5c4)n3)cc2)cc1. The Labute approximate surface area is 323 Å². The number of rotatable bonds is 6. The van der Waals surface area contributed by atoms with Crippen molar-refractivity contribution in [1.82, 2.24) is 14.5 Å². The molecule has 0 spiro atoms. The van der Waals surface area contributed by atoms with Crippen molar-refractivity contribution in [2.24, 2.45) is 0 Å². The average molecular weight is 716 g/mol. The molecule has 262 valence electrons. The molecule has 0 aliphatic heterocycles.